The van der Waals surface area contributed by atoms with Gasteiger partial charge in [0, 0.05) is 40.5 Å². The molecule has 2 aromatic carbocycles. The van der Waals surface area contributed by atoms with Crippen LogP contribution in [0.15, 0.2) is 59.6 Å². The molecule has 0 fully saturated rings. The van der Waals surface area contributed by atoms with E-state index in [0.717, 1.165) is 6.07 Å². The number of aliphatic hydroxyl groups excluding tert-OH is 1. The first-order valence-electron chi connectivity index (χ1n) is 6.83. The second-order valence-electron chi connectivity index (χ2n) is 5.23. The third-order valence-electron chi connectivity index (χ3n) is 3.77. The van der Waals surface area contributed by atoms with Gasteiger partial charge in [-0.1, -0.05) is 30.3 Å². The molecule has 2 heterocycles. The van der Waals surface area contributed by atoms with E-state index in [4.69, 9.17) is 0 Å². The van der Waals surface area contributed by atoms with Gasteiger partial charge in [-0.2, -0.15) is 0 Å². The van der Waals surface area contributed by atoms with Crippen LogP contribution < -0.4 is 0 Å². The minimum Gasteiger partial charge on any atom is -0.506 e. The smallest absolute Gasteiger partial charge is 0.228 e. The molecule has 0 bridgehead atoms. The molecular weight excluding hydrogens is 340 g/mol. The van der Waals surface area contributed by atoms with Crippen LogP contribution in [-0.4, -0.2) is 48.1 Å². The Balaban J connectivity index is 0.00000169. The van der Waals surface area contributed by atoms with Gasteiger partial charge in [0.2, 0.25) is 9.84 Å². The van der Waals surface area contributed by atoms with Gasteiger partial charge in [-0.05, 0) is 24.3 Å². The normalized spacial score (nSPS) is 15.2. The molecule has 1 radical (unpaired) electrons. The number of benzene rings is 2. The van der Waals surface area contributed by atoms with E-state index in [9.17, 15) is 17.9 Å². The summed E-state index contributed by atoms with van der Waals surface area (Å²) in [5.41, 5.74) is 0.760. The number of pyridine rings is 1. The number of rotatable bonds is 1. The third-order valence-corrected chi connectivity index (χ3v) is 5.56. The standard InChI is InChI=1S/C17H10FNO3S.Na/c18-12-6-3-5-11(8-12)16-15(20)13-9-10-4-1-2-7-14(10)19-17(13)23(16,21)22;/h1-9,20H;. The minimum atomic E-state index is -4.01. The molecule has 1 aliphatic rings. The van der Waals surface area contributed by atoms with Gasteiger partial charge in [-0.3, -0.25) is 0 Å². The van der Waals surface area contributed by atoms with Gasteiger partial charge in [0.05, 0.1) is 11.1 Å². The Morgan fingerprint density at radius 3 is 2.50 bits per heavy atom. The number of fused-ring (bicyclic) bond motifs is 2. The number of halogens is 1. The fourth-order valence-electron chi connectivity index (χ4n) is 2.74. The van der Waals surface area contributed by atoms with Gasteiger partial charge < -0.3 is 5.11 Å². The average Bonchev–Trinajstić information content (AvgIpc) is 2.72. The molecule has 3 aromatic rings. The third kappa shape index (κ3) is 2.46. The van der Waals surface area contributed by atoms with Crippen molar-refractivity contribution in [1.29, 1.82) is 0 Å². The predicted molar refractivity (Wildman–Crippen MR) is 90.5 cm³/mol. The van der Waals surface area contributed by atoms with Crippen LogP contribution in [-0.2, 0) is 9.84 Å². The average molecular weight is 350 g/mol. The maximum absolute atomic E-state index is 13.4. The van der Waals surface area contributed by atoms with Crippen molar-refractivity contribution in [2.45, 2.75) is 5.03 Å². The molecule has 0 saturated carbocycles. The summed E-state index contributed by atoms with van der Waals surface area (Å²) in [7, 11) is -4.01. The zero-order valence-corrected chi connectivity index (χ0v) is 15.5. The maximum Gasteiger partial charge on any atom is 0.228 e. The topological polar surface area (TPSA) is 67.3 Å². The first kappa shape index (κ1) is 17.1. The first-order valence-corrected chi connectivity index (χ1v) is 8.31. The second-order valence-corrected chi connectivity index (χ2v) is 7.03. The fraction of sp³-hybridized carbons (Fsp3) is 0. The zero-order chi connectivity index (χ0) is 16.2. The van der Waals surface area contributed by atoms with Crippen molar-refractivity contribution in [3.8, 4) is 0 Å². The molecule has 4 nitrogen and oxygen atoms in total. The Labute approximate surface area is 159 Å². The summed E-state index contributed by atoms with van der Waals surface area (Å²) in [6.45, 7) is 0. The monoisotopic (exact) mass is 350 g/mol. The van der Waals surface area contributed by atoms with Crippen molar-refractivity contribution < 1.29 is 17.9 Å². The molecular formula is C17H10FNNaO3S. The zero-order valence-electron chi connectivity index (χ0n) is 12.7. The summed E-state index contributed by atoms with van der Waals surface area (Å²) in [5, 5.41) is 10.9. The van der Waals surface area contributed by atoms with E-state index < -0.39 is 21.4 Å². The number of aliphatic hydroxyl groups is 1. The van der Waals surface area contributed by atoms with E-state index >= 15 is 0 Å². The van der Waals surface area contributed by atoms with Crippen molar-refractivity contribution in [3.63, 3.8) is 0 Å². The van der Waals surface area contributed by atoms with Crippen LogP contribution in [0.3, 0.4) is 0 Å². The number of hydrogen-bond donors (Lipinski definition) is 1. The number of nitrogens with zero attached hydrogens (tertiary/aromatic N) is 1. The van der Waals surface area contributed by atoms with Crippen molar-refractivity contribution in [1.82, 2.24) is 4.98 Å². The molecule has 0 aliphatic carbocycles. The van der Waals surface area contributed by atoms with Gasteiger partial charge in [-0.25, -0.2) is 17.8 Å². The maximum atomic E-state index is 13.4. The predicted octanol–water partition coefficient (Wildman–Crippen LogP) is 3.16. The molecule has 7 heteroatoms. The van der Waals surface area contributed by atoms with E-state index in [2.05, 4.69) is 4.98 Å². The van der Waals surface area contributed by atoms with Gasteiger partial charge in [0.25, 0.3) is 0 Å². The van der Waals surface area contributed by atoms with Crippen LogP contribution in [0, 0.1) is 5.82 Å². The Bertz CT molecular complexity index is 1110. The van der Waals surface area contributed by atoms with Crippen LogP contribution in [0.4, 0.5) is 4.39 Å². The van der Waals surface area contributed by atoms with Crippen LogP contribution in [0.25, 0.3) is 21.6 Å². The van der Waals surface area contributed by atoms with Crippen molar-refractivity contribution in [2.24, 2.45) is 0 Å². The number of sulfone groups is 1. The van der Waals surface area contributed by atoms with E-state index in [-0.39, 0.29) is 50.6 Å². The SMILES string of the molecule is O=S1(=O)C(c2cccc(F)c2)=C(O)c2cc3ccccc3nc21.[Na]. The summed E-state index contributed by atoms with van der Waals surface area (Å²) >= 11 is 0. The number of hydrogen-bond acceptors (Lipinski definition) is 4. The van der Waals surface area contributed by atoms with Crippen molar-refractivity contribution in [3.05, 3.63) is 71.5 Å². The molecule has 0 atom stereocenters. The van der Waals surface area contributed by atoms with E-state index in [1.807, 2.05) is 0 Å². The Morgan fingerprint density at radius 1 is 1.00 bits per heavy atom. The Kier molecular flexibility index (Phi) is 4.25. The first-order chi connectivity index (χ1) is 11.0. The molecule has 0 spiro atoms. The summed E-state index contributed by atoms with van der Waals surface area (Å²) in [6, 6.07) is 13.7. The van der Waals surface area contributed by atoms with Gasteiger partial charge >= 0.3 is 0 Å². The van der Waals surface area contributed by atoms with Crippen LogP contribution in [0.1, 0.15) is 11.1 Å². The fourth-order valence-corrected chi connectivity index (χ4v) is 4.40. The molecule has 0 saturated heterocycles. The molecule has 115 valence electrons. The molecule has 1 aromatic heterocycles. The van der Waals surface area contributed by atoms with E-state index in [0.29, 0.717) is 10.9 Å². The van der Waals surface area contributed by atoms with E-state index in [1.165, 1.54) is 18.2 Å². The molecule has 0 amide bonds. The molecule has 4 rings (SSSR count). The second kappa shape index (κ2) is 5.97. The molecule has 1 N–H and O–H groups in total. The minimum absolute atomic E-state index is 0. The molecule has 0 unspecified atom stereocenters. The summed E-state index contributed by atoms with van der Waals surface area (Å²) < 4.78 is 38.9. The van der Waals surface area contributed by atoms with E-state index in [1.54, 1.807) is 30.3 Å². The van der Waals surface area contributed by atoms with Crippen molar-refractivity contribution >= 4 is 61.0 Å². The van der Waals surface area contributed by atoms with Gasteiger partial charge in [0.1, 0.15) is 16.5 Å². The van der Waals surface area contributed by atoms with Gasteiger partial charge in [-0.15, -0.1) is 0 Å². The van der Waals surface area contributed by atoms with Crippen LogP contribution in [0.2, 0.25) is 0 Å². The summed E-state index contributed by atoms with van der Waals surface area (Å²) in [6.07, 6.45) is 0. The summed E-state index contributed by atoms with van der Waals surface area (Å²) in [5.74, 6) is -0.976. The number of para-hydroxylation sites is 1. The molecule has 1 aliphatic heterocycles. The number of aromatic nitrogens is 1. The van der Waals surface area contributed by atoms with Crippen LogP contribution >= 0.6 is 0 Å². The Morgan fingerprint density at radius 2 is 1.75 bits per heavy atom. The summed E-state index contributed by atoms with van der Waals surface area (Å²) in [4.78, 5) is 3.86. The van der Waals surface area contributed by atoms with Crippen LogP contribution in [0.5, 0.6) is 0 Å². The molecule has 24 heavy (non-hydrogen) atoms. The van der Waals surface area contributed by atoms with Gasteiger partial charge in [0.15, 0.2) is 5.03 Å². The quantitative estimate of drug-likeness (QED) is 0.685. The van der Waals surface area contributed by atoms with Crippen molar-refractivity contribution in [2.75, 3.05) is 0 Å². The largest absolute Gasteiger partial charge is 0.506 e. The Hall–Kier alpha value is -1.73.